The lowest BCUT2D eigenvalue weighted by Gasteiger charge is -2.15. The molecule has 3 N–H and O–H groups in total. The fourth-order valence-electron chi connectivity index (χ4n) is 3.14. The number of alkyl halides is 1. The molecule has 0 saturated heterocycles. The normalized spacial score (nSPS) is 11.0. The number of para-hydroxylation sites is 2. The summed E-state index contributed by atoms with van der Waals surface area (Å²) in [6.45, 7) is 0.563. The van der Waals surface area contributed by atoms with Crippen molar-refractivity contribution in [2.45, 2.75) is 6.42 Å². The molecule has 0 aliphatic rings. The highest BCUT2D eigenvalue weighted by Gasteiger charge is 2.10. The van der Waals surface area contributed by atoms with Crippen LogP contribution in [0.3, 0.4) is 0 Å². The zero-order chi connectivity index (χ0) is 18.6. The Bertz CT molecular complexity index is 1040. The van der Waals surface area contributed by atoms with E-state index in [1.54, 1.807) is 0 Å². The molecule has 0 fully saturated rings. The summed E-state index contributed by atoms with van der Waals surface area (Å²) in [4.78, 5) is 4.76. The SMILES string of the molecule is Nc1cc(Nc2c3ccccc3nc3ccccc23)cc(OCCCCl)c1. The molecule has 3 aromatic carbocycles. The molecule has 4 nitrogen and oxygen atoms in total. The molecule has 0 radical (unpaired) electrons. The number of hydrogen-bond donors (Lipinski definition) is 2. The number of fused-ring (bicyclic) bond motifs is 2. The lowest BCUT2D eigenvalue weighted by molar-refractivity contribution is 0.318. The average molecular weight is 378 g/mol. The molecule has 136 valence electrons. The summed E-state index contributed by atoms with van der Waals surface area (Å²) in [7, 11) is 0. The number of pyridine rings is 1. The summed E-state index contributed by atoms with van der Waals surface area (Å²) in [5, 5.41) is 5.65. The van der Waals surface area contributed by atoms with Gasteiger partial charge in [0, 0.05) is 40.2 Å². The molecule has 4 rings (SSSR count). The first kappa shape index (κ1) is 17.4. The van der Waals surface area contributed by atoms with E-state index in [0.29, 0.717) is 18.2 Å². The van der Waals surface area contributed by atoms with E-state index in [9.17, 15) is 0 Å². The molecule has 4 aromatic rings. The number of hydrogen-bond acceptors (Lipinski definition) is 4. The van der Waals surface area contributed by atoms with Crippen molar-refractivity contribution in [1.82, 2.24) is 4.98 Å². The van der Waals surface area contributed by atoms with Gasteiger partial charge in [-0.2, -0.15) is 0 Å². The van der Waals surface area contributed by atoms with Gasteiger partial charge in [0.15, 0.2) is 0 Å². The number of nitrogens with one attached hydrogen (secondary N) is 1. The number of halogens is 1. The first-order valence-corrected chi connectivity index (χ1v) is 9.42. The second-order valence-corrected chi connectivity index (χ2v) is 6.71. The Hall–Kier alpha value is -2.98. The third kappa shape index (κ3) is 3.76. The van der Waals surface area contributed by atoms with Crippen LogP contribution >= 0.6 is 11.6 Å². The smallest absolute Gasteiger partial charge is 0.123 e. The second-order valence-electron chi connectivity index (χ2n) is 6.33. The van der Waals surface area contributed by atoms with Crippen LogP contribution in [0, 0.1) is 0 Å². The molecule has 1 heterocycles. The molecular weight excluding hydrogens is 358 g/mol. The molecule has 0 atom stereocenters. The van der Waals surface area contributed by atoms with Crippen LogP contribution in [0.2, 0.25) is 0 Å². The van der Waals surface area contributed by atoms with Crippen molar-refractivity contribution < 1.29 is 4.74 Å². The Morgan fingerprint density at radius 3 is 2.26 bits per heavy atom. The number of rotatable bonds is 6. The molecule has 0 amide bonds. The molecule has 27 heavy (non-hydrogen) atoms. The van der Waals surface area contributed by atoms with E-state index in [1.165, 1.54) is 0 Å². The maximum atomic E-state index is 6.08. The summed E-state index contributed by atoms with van der Waals surface area (Å²) < 4.78 is 5.76. The standard InChI is InChI=1S/C22H20ClN3O/c23-10-5-11-27-17-13-15(24)12-16(14-17)25-22-18-6-1-3-8-20(18)26-21-9-4-2-7-19(21)22/h1-4,6-9,12-14H,5,10-11,24H2,(H,25,26). The number of nitrogen functional groups attached to an aromatic ring is 1. The molecule has 0 unspecified atom stereocenters. The van der Waals surface area contributed by atoms with Gasteiger partial charge >= 0.3 is 0 Å². The number of benzene rings is 3. The Labute approximate surface area is 162 Å². The maximum absolute atomic E-state index is 6.08. The van der Waals surface area contributed by atoms with E-state index in [0.717, 1.165) is 45.4 Å². The van der Waals surface area contributed by atoms with Crippen molar-refractivity contribution in [3.63, 3.8) is 0 Å². The van der Waals surface area contributed by atoms with Gasteiger partial charge in [-0.1, -0.05) is 36.4 Å². The third-order valence-corrected chi connectivity index (χ3v) is 4.60. The zero-order valence-corrected chi connectivity index (χ0v) is 15.5. The van der Waals surface area contributed by atoms with Crippen LogP contribution in [0.4, 0.5) is 17.1 Å². The van der Waals surface area contributed by atoms with Crippen molar-refractivity contribution in [3.05, 3.63) is 66.7 Å². The van der Waals surface area contributed by atoms with E-state index < -0.39 is 0 Å². The minimum absolute atomic E-state index is 0.563. The van der Waals surface area contributed by atoms with Gasteiger partial charge in [0.25, 0.3) is 0 Å². The van der Waals surface area contributed by atoms with E-state index in [2.05, 4.69) is 17.4 Å². The first-order valence-electron chi connectivity index (χ1n) is 8.88. The minimum atomic E-state index is 0.563. The highest BCUT2D eigenvalue weighted by molar-refractivity contribution is 6.17. The summed E-state index contributed by atoms with van der Waals surface area (Å²) in [6, 6.07) is 21.9. The predicted molar refractivity (Wildman–Crippen MR) is 114 cm³/mol. The average Bonchev–Trinajstić information content (AvgIpc) is 2.68. The molecule has 0 aliphatic carbocycles. The van der Waals surface area contributed by atoms with Gasteiger partial charge in [-0.05, 0) is 24.6 Å². The van der Waals surface area contributed by atoms with E-state index >= 15 is 0 Å². The number of anilines is 3. The molecule has 0 aliphatic heterocycles. The lowest BCUT2D eigenvalue weighted by atomic mass is 10.1. The molecule has 1 aromatic heterocycles. The number of nitrogens with two attached hydrogens (primary N) is 1. The van der Waals surface area contributed by atoms with Gasteiger partial charge in [0.2, 0.25) is 0 Å². The summed E-state index contributed by atoms with van der Waals surface area (Å²) in [5.74, 6) is 1.30. The fraction of sp³-hybridized carbons (Fsp3) is 0.136. The molecule has 0 saturated carbocycles. The van der Waals surface area contributed by atoms with Crippen molar-refractivity contribution in [3.8, 4) is 5.75 Å². The van der Waals surface area contributed by atoms with Crippen molar-refractivity contribution in [2.24, 2.45) is 0 Å². The molecular formula is C22H20ClN3O. The van der Waals surface area contributed by atoms with Gasteiger partial charge in [0.05, 0.1) is 23.3 Å². The third-order valence-electron chi connectivity index (χ3n) is 4.33. The quantitative estimate of drug-likeness (QED) is 0.195. The Morgan fingerprint density at radius 1 is 0.926 bits per heavy atom. The van der Waals surface area contributed by atoms with Gasteiger partial charge in [-0.3, -0.25) is 0 Å². The highest BCUT2D eigenvalue weighted by Crippen LogP contribution is 2.34. The lowest BCUT2D eigenvalue weighted by Crippen LogP contribution is -2.01. The van der Waals surface area contributed by atoms with E-state index in [1.807, 2.05) is 54.6 Å². The maximum Gasteiger partial charge on any atom is 0.123 e. The largest absolute Gasteiger partial charge is 0.493 e. The Kier molecular flexibility index (Phi) is 4.99. The summed E-state index contributed by atoms with van der Waals surface area (Å²) in [6.07, 6.45) is 0.790. The number of aromatic nitrogens is 1. The van der Waals surface area contributed by atoms with Crippen molar-refractivity contribution in [2.75, 3.05) is 23.5 Å². The van der Waals surface area contributed by atoms with E-state index in [4.69, 9.17) is 27.1 Å². The van der Waals surface area contributed by atoms with Crippen LogP contribution in [0.15, 0.2) is 66.7 Å². The first-order chi connectivity index (χ1) is 13.2. The minimum Gasteiger partial charge on any atom is -0.493 e. The fourth-order valence-corrected chi connectivity index (χ4v) is 3.25. The molecule has 0 spiro atoms. The van der Waals surface area contributed by atoms with Crippen LogP contribution < -0.4 is 15.8 Å². The van der Waals surface area contributed by atoms with E-state index in [-0.39, 0.29) is 0 Å². The van der Waals surface area contributed by atoms with Crippen LogP contribution in [0.1, 0.15) is 6.42 Å². The number of nitrogens with zero attached hydrogens (tertiary/aromatic N) is 1. The van der Waals surface area contributed by atoms with Crippen LogP contribution in [-0.4, -0.2) is 17.5 Å². The number of ether oxygens (including phenoxy) is 1. The summed E-state index contributed by atoms with van der Waals surface area (Å²) >= 11 is 5.73. The topological polar surface area (TPSA) is 60.2 Å². The van der Waals surface area contributed by atoms with Crippen LogP contribution in [-0.2, 0) is 0 Å². The summed E-state index contributed by atoms with van der Waals surface area (Å²) in [5.41, 5.74) is 10.5. The Morgan fingerprint density at radius 2 is 1.59 bits per heavy atom. The van der Waals surface area contributed by atoms with Gasteiger partial charge < -0.3 is 15.8 Å². The Balaban J connectivity index is 1.78. The zero-order valence-electron chi connectivity index (χ0n) is 14.8. The van der Waals surface area contributed by atoms with Gasteiger partial charge in [-0.25, -0.2) is 4.98 Å². The molecule has 5 heteroatoms. The monoisotopic (exact) mass is 377 g/mol. The van der Waals surface area contributed by atoms with Crippen molar-refractivity contribution >= 4 is 50.5 Å². The highest BCUT2D eigenvalue weighted by atomic mass is 35.5. The predicted octanol–water partition coefficient (Wildman–Crippen LogP) is 5.72. The van der Waals surface area contributed by atoms with Crippen molar-refractivity contribution in [1.29, 1.82) is 0 Å². The molecule has 0 bridgehead atoms. The van der Waals surface area contributed by atoms with Gasteiger partial charge in [-0.15, -0.1) is 11.6 Å². The van der Waals surface area contributed by atoms with Crippen LogP contribution in [0.5, 0.6) is 5.75 Å². The van der Waals surface area contributed by atoms with Crippen LogP contribution in [0.25, 0.3) is 21.8 Å². The second kappa shape index (κ2) is 7.72. The van der Waals surface area contributed by atoms with Gasteiger partial charge in [0.1, 0.15) is 5.75 Å².